The Morgan fingerprint density at radius 1 is 1.44 bits per heavy atom. The molecule has 16 heavy (non-hydrogen) atoms. The number of fused-ring (bicyclic) bond motifs is 1. The predicted molar refractivity (Wildman–Crippen MR) is 66.1 cm³/mol. The lowest BCUT2D eigenvalue weighted by Gasteiger charge is -2.06. The van der Waals surface area contributed by atoms with Gasteiger partial charge in [-0.15, -0.1) is 0 Å². The van der Waals surface area contributed by atoms with Crippen LogP contribution in [0.15, 0.2) is 12.1 Å². The molecule has 1 aromatic heterocycles. The fraction of sp³-hybridized carbons (Fsp3) is 0.300. The fourth-order valence-corrected chi connectivity index (χ4v) is 1.90. The van der Waals surface area contributed by atoms with Crippen LogP contribution in [0.25, 0.3) is 10.9 Å². The standard InChI is InChI=1S/C10H10FIN2O2/c1-15-2-3-16-9-5-8-6(4-7(9)11)10(12)14-13-8/h4-5H,2-3H2,1H3,(H,13,14). The molecule has 1 N–H and O–H groups in total. The molecule has 1 aromatic carbocycles. The average molecular weight is 336 g/mol. The van der Waals surface area contributed by atoms with Crippen molar-refractivity contribution < 1.29 is 13.9 Å². The summed E-state index contributed by atoms with van der Waals surface area (Å²) in [6.07, 6.45) is 0. The number of hydrogen-bond acceptors (Lipinski definition) is 3. The molecule has 0 saturated heterocycles. The maximum atomic E-state index is 13.6. The Labute approximate surface area is 105 Å². The van der Waals surface area contributed by atoms with Crippen LogP contribution in [-0.2, 0) is 4.74 Å². The van der Waals surface area contributed by atoms with Crippen LogP contribution in [0.2, 0.25) is 0 Å². The quantitative estimate of drug-likeness (QED) is 0.689. The lowest BCUT2D eigenvalue weighted by molar-refractivity contribution is 0.144. The van der Waals surface area contributed by atoms with Crippen LogP contribution in [-0.4, -0.2) is 30.5 Å². The van der Waals surface area contributed by atoms with Gasteiger partial charge in [0.25, 0.3) is 0 Å². The zero-order chi connectivity index (χ0) is 11.5. The lowest BCUT2D eigenvalue weighted by atomic mass is 10.2. The monoisotopic (exact) mass is 336 g/mol. The van der Waals surface area contributed by atoms with E-state index in [9.17, 15) is 4.39 Å². The van der Waals surface area contributed by atoms with Gasteiger partial charge in [-0.3, -0.25) is 5.10 Å². The SMILES string of the molecule is COCCOc1cc2[nH]nc(I)c2cc1F. The highest BCUT2D eigenvalue weighted by molar-refractivity contribution is 14.1. The number of hydrogen-bond donors (Lipinski definition) is 1. The van der Waals surface area contributed by atoms with Crippen LogP contribution < -0.4 is 4.74 Å². The van der Waals surface area contributed by atoms with Gasteiger partial charge < -0.3 is 9.47 Å². The second-order valence-corrected chi connectivity index (χ2v) is 4.21. The van der Waals surface area contributed by atoms with E-state index in [1.807, 2.05) is 22.6 Å². The third-order valence-corrected chi connectivity index (χ3v) is 2.94. The van der Waals surface area contributed by atoms with E-state index < -0.39 is 0 Å². The molecule has 0 saturated carbocycles. The van der Waals surface area contributed by atoms with Crippen molar-refractivity contribution in [2.75, 3.05) is 20.3 Å². The van der Waals surface area contributed by atoms with Crippen molar-refractivity contribution in [2.45, 2.75) is 0 Å². The molecule has 86 valence electrons. The molecule has 0 bridgehead atoms. The molecule has 0 aliphatic carbocycles. The lowest BCUT2D eigenvalue weighted by Crippen LogP contribution is -2.05. The van der Waals surface area contributed by atoms with Gasteiger partial charge in [-0.2, -0.15) is 5.10 Å². The van der Waals surface area contributed by atoms with E-state index in [0.717, 1.165) is 14.6 Å². The van der Waals surface area contributed by atoms with Gasteiger partial charge in [0.2, 0.25) is 0 Å². The number of halogens is 2. The minimum Gasteiger partial charge on any atom is -0.488 e. The molecule has 0 unspecified atom stereocenters. The molecule has 1 heterocycles. The van der Waals surface area contributed by atoms with Crippen molar-refractivity contribution >= 4 is 33.5 Å². The highest BCUT2D eigenvalue weighted by Gasteiger charge is 2.10. The normalized spacial score (nSPS) is 10.9. The van der Waals surface area contributed by atoms with E-state index in [4.69, 9.17) is 9.47 Å². The number of benzene rings is 1. The van der Waals surface area contributed by atoms with E-state index in [1.54, 1.807) is 13.2 Å². The van der Waals surface area contributed by atoms with Crippen LogP contribution in [0.5, 0.6) is 5.75 Å². The number of methoxy groups -OCH3 is 1. The minimum absolute atomic E-state index is 0.213. The second kappa shape index (κ2) is 4.96. The smallest absolute Gasteiger partial charge is 0.165 e. The summed E-state index contributed by atoms with van der Waals surface area (Å²) < 4.78 is 24.4. The van der Waals surface area contributed by atoms with Crippen LogP contribution in [0.4, 0.5) is 4.39 Å². The predicted octanol–water partition coefficient (Wildman–Crippen LogP) is 2.33. The van der Waals surface area contributed by atoms with E-state index >= 15 is 0 Å². The Morgan fingerprint density at radius 2 is 2.25 bits per heavy atom. The number of nitrogens with zero attached hydrogens (tertiary/aromatic N) is 1. The third kappa shape index (κ3) is 2.27. The van der Waals surface area contributed by atoms with Gasteiger partial charge in [0.15, 0.2) is 11.6 Å². The van der Waals surface area contributed by atoms with Gasteiger partial charge in [-0.1, -0.05) is 0 Å². The number of nitrogens with one attached hydrogen (secondary N) is 1. The summed E-state index contributed by atoms with van der Waals surface area (Å²) in [7, 11) is 1.57. The molecule has 0 aliphatic heterocycles. The van der Waals surface area contributed by atoms with Crippen LogP contribution in [0.1, 0.15) is 0 Å². The van der Waals surface area contributed by atoms with Crippen molar-refractivity contribution in [3.8, 4) is 5.75 Å². The largest absolute Gasteiger partial charge is 0.488 e. The van der Waals surface area contributed by atoms with Gasteiger partial charge in [-0.25, -0.2) is 4.39 Å². The number of rotatable bonds is 4. The Kier molecular flexibility index (Phi) is 3.59. The first-order valence-electron chi connectivity index (χ1n) is 4.67. The van der Waals surface area contributed by atoms with Gasteiger partial charge in [0.05, 0.1) is 12.1 Å². The first-order valence-corrected chi connectivity index (χ1v) is 5.75. The van der Waals surface area contributed by atoms with Crippen molar-refractivity contribution in [2.24, 2.45) is 0 Å². The molecular formula is C10H10FIN2O2. The van der Waals surface area contributed by atoms with Crippen molar-refractivity contribution in [3.63, 3.8) is 0 Å². The maximum absolute atomic E-state index is 13.6. The summed E-state index contributed by atoms with van der Waals surface area (Å²) in [4.78, 5) is 0. The zero-order valence-electron chi connectivity index (χ0n) is 8.59. The Balaban J connectivity index is 2.28. The van der Waals surface area contributed by atoms with Crippen LogP contribution >= 0.6 is 22.6 Å². The summed E-state index contributed by atoms with van der Waals surface area (Å²) in [6, 6.07) is 3.03. The van der Waals surface area contributed by atoms with Gasteiger partial charge >= 0.3 is 0 Å². The fourth-order valence-electron chi connectivity index (χ4n) is 1.33. The number of ether oxygens (including phenoxy) is 2. The highest BCUT2D eigenvalue weighted by atomic mass is 127. The Morgan fingerprint density at radius 3 is 3.00 bits per heavy atom. The minimum atomic E-state index is -0.386. The molecule has 0 atom stereocenters. The zero-order valence-corrected chi connectivity index (χ0v) is 10.7. The van der Waals surface area contributed by atoms with Gasteiger partial charge in [0.1, 0.15) is 10.3 Å². The Hall–Kier alpha value is -0.890. The third-order valence-electron chi connectivity index (χ3n) is 2.11. The topological polar surface area (TPSA) is 47.1 Å². The maximum Gasteiger partial charge on any atom is 0.165 e. The summed E-state index contributed by atoms with van der Waals surface area (Å²) in [6.45, 7) is 0.752. The number of aromatic amines is 1. The molecular weight excluding hydrogens is 326 g/mol. The van der Waals surface area contributed by atoms with Crippen molar-refractivity contribution in [1.82, 2.24) is 10.2 Å². The van der Waals surface area contributed by atoms with Crippen molar-refractivity contribution in [3.05, 3.63) is 21.7 Å². The molecule has 2 rings (SSSR count). The molecule has 0 fully saturated rings. The number of H-pyrrole nitrogens is 1. The van der Waals surface area contributed by atoms with E-state index in [0.29, 0.717) is 13.2 Å². The first kappa shape index (κ1) is 11.6. The summed E-state index contributed by atoms with van der Waals surface area (Å²) in [5.41, 5.74) is 0.762. The summed E-state index contributed by atoms with van der Waals surface area (Å²) in [5.74, 6) is -0.174. The van der Waals surface area contributed by atoms with Gasteiger partial charge in [-0.05, 0) is 28.7 Å². The van der Waals surface area contributed by atoms with Crippen LogP contribution in [0.3, 0.4) is 0 Å². The highest BCUT2D eigenvalue weighted by Crippen LogP contribution is 2.26. The second-order valence-electron chi connectivity index (χ2n) is 3.18. The summed E-state index contributed by atoms with van der Waals surface area (Å²) >= 11 is 2.05. The van der Waals surface area contributed by atoms with Gasteiger partial charge in [0, 0.05) is 18.6 Å². The molecule has 4 nitrogen and oxygen atoms in total. The molecule has 2 aromatic rings. The van der Waals surface area contributed by atoms with E-state index in [-0.39, 0.29) is 11.6 Å². The van der Waals surface area contributed by atoms with E-state index in [1.165, 1.54) is 6.07 Å². The molecule has 6 heteroatoms. The molecule has 0 spiro atoms. The number of aromatic nitrogens is 2. The van der Waals surface area contributed by atoms with Crippen molar-refractivity contribution in [1.29, 1.82) is 0 Å². The summed E-state index contributed by atoms with van der Waals surface area (Å²) in [5, 5.41) is 7.56. The molecule has 0 amide bonds. The molecule has 0 radical (unpaired) electrons. The average Bonchev–Trinajstić information content (AvgIpc) is 2.61. The first-order chi connectivity index (χ1) is 7.72. The molecule has 0 aliphatic rings. The Bertz CT molecular complexity index is 501. The van der Waals surface area contributed by atoms with Crippen LogP contribution in [0, 0.1) is 9.52 Å². The van der Waals surface area contributed by atoms with E-state index in [2.05, 4.69) is 10.2 Å².